The molecule has 19 heavy (non-hydrogen) atoms. The highest BCUT2D eigenvalue weighted by Gasteiger charge is 2.11. The van der Waals surface area contributed by atoms with E-state index in [-0.39, 0.29) is 0 Å². The van der Waals surface area contributed by atoms with E-state index in [0.29, 0.717) is 22.6 Å². The smallest absolute Gasteiger partial charge is 0.133 e. The van der Waals surface area contributed by atoms with Crippen LogP contribution in [0.4, 0.5) is 4.39 Å². The summed E-state index contributed by atoms with van der Waals surface area (Å²) in [6, 6.07) is 12.6. The first kappa shape index (κ1) is 13.1. The van der Waals surface area contributed by atoms with E-state index in [1.807, 2.05) is 6.07 Å². The van der Waals surface area contributed by atoms with Crippen molar-refractivity contribution in [2.24, 2.45) is 0 Å². The SMILES string of the molecule is C[C@@H](O)c1cc(F)ccc1Oc1cccc(C#N)c1. The topological polar surface area (TPSA) is 53.2 Å². The summed E-state index contributed by atoms with van der Waals surface area (Å²) in [5.41, 5.74) is 0.834. The molecule has 0 aliphatic carbocycles. The summed E-state index contributed by atoms with van der Waals surface area (Å²) in [5.74, 6) is 0.396. The number of hydrogen-bond donors (Lipinski definition) is 1. The summed E-state index contributed by atoms with van der Waals surface area (Å²) in [5, 5.41) is 18.4. The molecule has 0 saturated carbocycles. The van der Waals surface area contributed by atoms with Crippen molar-refractivity contribution in [2.75, 3.05) is 0 Å². The Kier molecular flexibility index (Phi) is 3.79. The molecule has 0 spiro atoms. The van der Waals surface area contributed by atoms with Gasteiger partial charge in [0.05, 0.1) is 17.7 Å². The van der Waals surface area contributed by atoms with Gasteiger partial charge in [-0.3, -0.25) is 0 Å². The van der Waals surface area contributed by atoms with Gasteiger partial charge in [-0.05, 0) is 43.3 Å². The van der Waals surface area contributed by atoms with Crippen molar-refractivity contribution >= 4 is 0 Å². The van der Waals surface area contributed by atoms with Crippen LogP contribution in [0.3, 0.4) is 0 Å². The Labute approximate surface area is 110 Å². The van der Waals surface area contributed by atoms with Gasteiger partial charge < -0.3 is 9.84 Å². The third-order valence-corrected chi connectivity index (χ3v) is 2.61. The molecule has 4 heteroatoms. The fourth-order valence-corrected chi connectivity index (χ4v) is 1.69. The fraction of sp³-hybridized carbons (Fsp3) is 0.133. The molecule has 0 bridgehead atoms. The first-order chi connectivity index (χ1) is 9.10. The Morgan fingerprint density at radius 1 is 1.26 bits per heavy atom. The minimum absolute atomic E-state index is 0.363. The molecular formula is C15H12FNO2. The van der Waals surface area contributed by atoms with Gasteiger partial charge in [0.1, 0.15) is 17.3 Å². The summed E-state index contributed by atoms with van der Waals surface area (Å²) < 4.78 is 18.7. The highest BCUT2D eigenvalue weighted by Crippen LogP contribution is 2.30. The first-order valence-corrected chi connectivity index (χ1v) is 5.75. The Balaban J connectivity index is 2.35. The number of halogens is 1. The van der Waals surface area contributed by atoms with Crippen LogP contribution in [0.5, 0.6) is 11.5 Å². The van der Waals surface area contributed by atoms with E-state index in [4.69, 9.17) is 10.00 Å². The van der Waals surface area contributed by atoms with Crippen LogP contribution in [-0.2, 0) is 0 Å². The maximum atomic E-state index is 13.2. The van der Waals surface area contributed by atoms with Gasteiger partial charge in [-0.15, -0.1) is 0 Å². The van der Waals surface area contributed by atoms with Gasteiger partial charge in [0.2, 0.25) is 0 Å². The zero-order valence-corrected chi connectivity index (χ0v) is 10.3. The lowest BCUT2D eigenvalue weighted by atomic mass is 10.1. The van der Waals surface area contributed by atoms with Gasteiger partial charge in [0.25, 0.3) is 0 Å². The van der Waals surface area contributed by atoms with Crippen molar-refractivity contribution in [1.82, 2.24) is 0 Å². The van der Waals surface area contributed by atoms with E-state index in [2.05, 4.69) is 0 Å². The zero-order chi connectivity index (χ0) is 13.8. The Hall–Kier alpha value is -2.38. The molecule has 1 N–H and O–H groups in total. The van der Waals surface area contributed by atoms with Crippen LogP contribution >= 0.6 is 0 Å². The maximum Gasteiger partial charge on any atom is 0.133 e. The number of ether oxygens (including phenoxy) is 1. The number of benzene rings is 2. The van der Waals surface area contributed by atoms with Crippen molar-refractivity contribution < 1.29 is 14.2 Å². The molecule has 0 aliphatic rings. The second-order valence-electron chi connectivity index (χ2n) is 4.10. The standard InChI is InChI=1S/C15H12FNO2/c1-10(18)14-8-12(16)5-6-15(14)19-13-4-2-3-11(7-13)9-17/h2-8,10,18H,1H3/t10-/m1/s1. The molecule has 2 aromatic rings. The van der Waals surface area contributed by atoms with Crippen LogP contribution < -0.4 is 4.74 Å². The predicted octanol–water partition coefficient (Wildman–Crippen LogP) is 3.54. The molecule has 0 aliphatic heterocycles. The number of rotatable bonds is 3. The van der Waals surface area contributed by atoms with Gasteiger partial charge >= 0.3 is 0 Å². The number of hydrogen-bond acceptors (Lipinski definition) is 3. The van der Waals surface area contributed by atoms with E-state index >= 15 is 0 Å². The molecule has 3 nitrogen and oxygen atoms in total. The minimum atomic E-state index is -0.843. The van der Waals surface area contributed by atoms with Gasteiger partial charge in [0.15, 0.2) is 0 Å². The molecule has 1 atom stereocenters. The number of nitrogens with zero attached hydrogens (tertiary/aromatic N) is 1. The molecule has 2 rings (SSSR count). The summed E-state index contributed by atoms with van der Waals surface area (Å²) in [4.78, 5) is 0. The number of nitriles is 1. The molecule has 0 amide bonds. The molecule has 0 heterocycles. The molecule has 0 radical (unpaired) electrons. The van der Waals surface area contributed by atoms with E-state index in [1.165, 1.54) is 25.1 Å². The van der Waals surface area contributed by atoms with Crippen LogP contribution in [0.15, 0.2) is 42.5 Å². The monoisotopic (exact) mass is 257 g/mol. The highest BCUT2D eigenvalue weighted by molar-refractivity contribution is 5.42. The third kappa shape index (κ3) is 3.09. The number of aliphatic hydroxyl groups is 1. The average molecular weight is 257 g/mol. The maximum absolute atomic E-state index is 13.2. The fourth-order valence-electron chi connectivity index (χ4n) is 1.69. The molecule has 0 unspecified atom stereocenters. The van der Waals surface area contributed by atoms with Gasteiger partial charge in [-0.2, -0.15) is 5.26 Å². The summed E-state index contributed by atoms with van der Waals surface area (Å²) in [6.45, 7) is 1.54. The molecule has 0 fully saturated rings. The van der Waals surface area contributed by atoms with Crippen molar-refractivity contribution in [3.8, 4) is 17.6 Å². The largest absolute Gasteiger partial charge is 0.457 e. The molecular weight excluding hydrogens is 245 g/mol. The summed E-state index contributed by atoms with van der Waals surface area (Å²) in [7, 11) is 0. The summed E-state index contributed by atoms with van der Waals surface area (Å²) >= 11 is 0. The van der Waals surface area contributed by atoms with Crippen molar-refractivity contribution in [2.45, 2.75) is 13.0 Å². The highest BCUT2D eigenvalue weighted by atomic mass is 19.1. The Bertz CT molecular complexity index is 632. The summed E-state index contributed by atoms with van der Waals surface area (Å²) in [6.07, 6.45) is -0.843. The van der Waals surface area contributed by atoms with Crippen LogP contribution in [0.25, 0.3) is 0 Å². The van der Waals surface area contributed by atoms with Crippen molar-refractivity contribution in [3.05, 3.63) is 59.4 Å². The van der Waals surface area contributed by atoms with Gasteiger partial charge in [-0.1, -0.05) is 6.07 Å². The second-order valence-corrected chi connectivity index (χ2v) is 4.10. The molecule has 0 aromatic heterocycles. The normalized spacial score (nSPS) is 11.7. The van der Waals surface area contributed by atoms with Crippen LogP contribution in [0, 0.1) is 17.1 Å². The Morgan fingerprint density at radius 2 is 2.05 bits per heavy atom. The minimum Gasteiger partial charge on any atom is -0.457 e. The van der Waals surface area contributed by atoms with Crippen LogP contribution in [-0.4, -0.2) is 5.11 Å². The van der Waals surface area contributed by atoms with Crippen molar-refractivity contribution in [1.29, 1.82) is 5.26 Å². The van der Waals surface area contributed by atoms with E-state index in [0.717, 1.165) is 0 Å². The van der Waals surface area contributed by atoms with Gasteiger partial charge in [0, 0.05) is 5.56 Å². The van der Waals surface area contributed by atoms with Gasteiger partial charge in [-0.25, -0.2) is 4.39 Å². The lowest BCUT2D eigenvalue weighted by molar-refractivity contribution is 0.195. The average Bonchev–Trinajstić information content (AvgIpc) is 2.41. The quantitative estimate of drug-likeness (QED) is 0.914. The molecule has 96 valence electrons. The van der Waals surface area contributed by atoms with E-state index < -0.39 is 11.9 Å². The van der Waals surface area contributed by atoms with Crippen LogP contribution in [0.2, 0.25) is 0 Å². The molecule has 0 saturated heterocycles. The Morgan fingerprint density at radius 3 is 2.74 bits per heavy atom. The van der Waals surface area contributed by atoms with E-state index in [1.54, 1.807) is 24.3 Å². The first-order valence-electron chi connectivity index (χ1n) is 5.75. The lowest BCUT2D eigenvalue weighted by Crippen LogP contribution is -1.97. The third-order valence-electron chi connectivity index (χ3n) is 2.61. The van der Waals surface area contributed by atoms with Crippen molar-refractivity contribution in [3.63, 3.8) is 0 Å². The zero-order valence-electron chi connectivity index (χ0n) is 10.3. The second kappa shape index (κ2) is 5.51. The van der Waals surface area contributed by atoms with E-state index in [9.17, 15) is 9.50 Å². The predicted molar refractivity (Wildman–Crippen MR) is 68.3 cm³/mol. The lowest BCUT2D eigenvalue weighted by Gasteiger charge is -2.13. The molecule has 2 aromatic carbocycles. The number of aliphatic hydroxyl groups excluding tert-OH is 1. The van der Waals surface area contributed by atoms with Crippen LogP contribution in [0.1, 0.15) is 24.2 Å².